The number of nitrogens with zero attached hydrogens (tertiary/aromatic N) is 1. The largest absolute Gasteiger partial charge is 0.445 e. The van der Waals surface area contributed by atoms with E-state index >= 15 is 0 Å². The molecular formula is C14H24N2O2. The molecule has 102 valence electrons. The third-order valence-electron chi connectivity index (χ3n) is 2.59. The molecule has 0 fully saturated rings. The van der Waals surface area contributed by atoms with Gasteiger partial charge in [0.05, 0.1) is 0 Å². The first kappa shape index (κ1) is 14.5. The van der Waals surface area contributed by atoms with Crippen molar-refractivity contribution in [2.75, 3.05) is 20.6 Å². The predicted octanol–water partition coefficient (Wildman–Crippen LogP) is 2.50. The molecule has 1 amide bonds. The summed E-state index contributed by atoms with van der Waals surface area (Å²) in [5.41, 5.74) is 0.994. The number of hydrogen-bond donors (Lipinski definition) is 1. The molecule has 0 spiro atoms. The molecule has 0 radical (unpaired) electrons. The molecule has 0 aliphatic rings. The van der Waals surface area contributed by atoms with Gasteiger partial charge in [0, 0.05) is 7.47 Å². The highest BCUT2D eigenvalue weighted by atomic mass is 16.5. The van der Waals surface area contributed by atoms with Gasteiger partial charge in [0.25, 0.3) is 0 Å². The van der Waals surface area contributed by atoms with Gasteiger partial charge in [-0.3, -0.25) is 0 Å². The molecule has 1 aromatic rings. The third kappa shape index (κ3) is 6.25. The Morgan fingerprint density at radius 1 is 1.39 bits per heavy atom. The van der Waals surface area contributed by atoms with Gasteiger partial charge in [-0.2, -0.15) is 0 Å². The van der Waals surface area contributed by atoms with E-state index in [2.05, 4.69) is 10.2 Å². The van der Waals surface area contributed by atoms with Gasteiger partial charge >= 0.3 is 6.09 Å². The van der Waals surface area contributed by atoms with Crippen molar-refractivity contribution < 1.29 is 11.0 Å². The van der Waals surface area contributed by atoms with E-state index in [1.165, 1.54) is 0 Å². The van der Waals surface area contributed by atoms with Crippen LogP contribution in [-0.4, -0.2) is 37.7 Å². The molecule has 0 aromatic heterocycles. The molecule has 0 bridgehead atoms. The maximum absolute atomic E-state index is 11.5. The summed E-state index contributed by atoms with van der Waals surface area (Å²) < 4.78 is 5.14. The van der Waals surface area contributed by atoms with E-state index in [1.54, 1.807) is 0 Å². The molecule has 1 rings (SSSR count). The Labute approximate surface area is 110 Å². The van der Waals surface area contributed by atoms with Crippen molar-refractivity contribution in [2.45, 2.75) is 26.0 Å². The molecular weight excluding hydrogens is 228 g/mol. The van der Waals surface area contributed by atoms with Gasteiger partial charge in [0.1, 0.15) is 6.61 Å². The van der Waals surface area contributed by atoms with Crippen molar-refractivity contribution >= 4 is 6.09 Å². The summed E-state index contributed by atoms with van der Waals surface area (Å²) in [7, 11) is 4.03. The zero-order valence-corrected chi connectivity index (χ0v) is 11.3. The monoisotopic (exact) mass is 252 g/mol. The number of rotatable bonds is 6. The number of alkyl carbamates (subject to hydrolysis) is 1. The van der Waals surface area contributed by atoms with Crippen LogP contribution in [0.5, 0.6) is 0 Å². The molecule has 0 aliphatic heterocycles. The Morgan fingerprint density at radius 2 is 2.06 bits per heavy atom. The van der Waals surface area contributed by atoms with Crippen molar-refractivity contribution in [3.05, 3.63) is 35.9 Å². The van der Waals surface area contributed by atoms with Crippen molar-refractivity contribution in [3.8, 4) is 0 Å². The van der Waals surface area contributed by atoms with E-state index in [1.807, 2.05) is 51.4 Å². The Hall–Kier alpha value is -1.55. The Kier molecular flexibility index (Phi) is 6.22. The van der Waals surface area contributed by atoms with E-state index in [9.17, 15) is 4.79 Å². The van der Waals surface area contributed by atoms with Gasteiger partial charge < -0.3 is 15.0 Å². The van der Waals surface area contributed by atoms with E-state index in [0.717, 1.165) is 18.5 Å². The number of benzene rings is 1. The number of ether oxygens (including phenoxy) is 1. The number of amides is 1. The fraction of sp³-hybridized carbons (Fsp3) is 0.500. The molecule has 0 heterocycles. The second-order valence-corrected chi connectivity index (χ2v) is 4.70. The van der Waals surface area contributed by atoms with Crippen LogP contribution in [0, 0.1) is 0 Å². The molecule has 0 saturated heterocycles. The van der Waals surface area contributed by atoms with E-state index in [4.69, 9.17) is 4.74 Å². The highest BCUT2D eigenvalue weighted by molar-refractivity contribution is 5.67. The van der Waals surface area contributed by atoms with Crippen LogP contribution in [0.4, 0.5) is 4.79 Å². The quantitative estimate of drug-likeness (QED) is 0.845. The summed E-state index contributed by atoms with van der Waals surface area (Å²) in [5.74, 6) is 0. The molecule has 4 heteroatoms. The van der Waals surface area contributed by atoms with Crippen LogP contribution in [0.15, 0.2) is 30.3 Å². The third-order valence-corrected chi connectivity index (χ3v) is 2.59. The zero-order chi connectivity index (χ0) is 13.4. The lowest BCUT2D eigenvalue weighted by atomic mass is 10.2. The Balaban J connectivity index is 0.00000324. The molecule has 0 aliphatic carbocycles. The Morgan fingerprint density at radius 3 is 2.67 bits per heavy atom. The lowest BCUT2D eigenvalue weighted by Gasteiger charge is -2.16. The normalized spacial score (nSPS) is 12.2. The molecule has 1 aromatic carbocycles. The minimum Gasteiger partial charge on any atom is -0.445 e. The van der Waals surface area contributed by atoms with Crippen molar-refractivity contribution in [1.82, 2.24) is 10.2 Å². The molecule has 4 nitrogen and oxygen atoms in total. The first-order valence-electron chi connectivity index (χ1n) is 6.20. The molecule has 0 unspecified atom stereocenters. The maximum Gasteiger partial charge on any atom is 0.407 e. The number of carbonyl (C=O) groups is 1. The summed E-state index contributed by atoms with van der Waals surface area (Å²) >= 11 is 0. The summed E-state index contributed by atoms with van der Waals surface area (Å²) in [6.45, 7) is 3.24. The molecule has 18 heavy (non-hydrogen) atoms. The van der Waals surface area contributed by atoms with E-state index < -0.39 is 0 Å². The van der Waals surface area contributed by atoms with Gasteiger partial charge in [-0.1, -0.05) is 30.3 Å². The van der Waals surface area contributed by atoms with Crippen molar-refractivity contribution in [2.24, 2.45) is 0 Å². The van der Waals surface area contributed by atoms with Gasteiger partial charge in [-0.25, -0.2) is 4.79 Å². The maximum atomic E-state index is 11.5. The summed E-state index contributed by atoms with van der Waals surface area (Å²) in [6.07, 6.45) is 0.554. The minimum atomic E-state index is -0.356. The Bertz CT molecular complexity index is 358. The number of carbonyl (C=O) groups excluding carboxylic acids is 1. The average Bonchev–Trinajstić information content (AvgIpc) is 2.35. The predicted molar refractivity (Wildman–Crippen MR) is 74.5 cm³/mol. The van der Waals surface area contributed by atoms with Crippen LogP contribution in [0.2, 0.25) is 0 Å². The fourth-order valence-electron chi connectivity index (χ4n) is 1.49. The van der Waals surface area contributed by atoms with Gasteiger partial charge in [-0.05, 0) is 39.5 Å². The molecule has 1 atom stereocenters. The average molecular weight is 252 g/mol. The molecule has 1 N–H and O–H groups in total. The highest BCUT2D eigenvalue weighted by Gasteiger charge is 2.08. The van der Waals surface area contributed by atoms with Gasteiger partial charge in [-0.15, -0.1) is 0 Å². The van der Waals surface area contributed by atoms with Crippen molar-refractivity contribution in [3.63, 3.8) is 0 Å². The fourth-order valence-corrected chi connectivity index (χ4v) is 1.49. The topological polar surface area (TPSA) is 41.6 Å². The van der Waals surface area contributed by atoms with Crippen LogP contribution in [0.3, 0.4) is 0 Å². The first-order chi connectivity index (χ1) is 8.58. The van der Waals surface area contributed by atoms with E-state index in [0.29, 0.717) is 6.61 Å². The van der Waals surface area contributed by atoms with Crippen molar-refractivity contribution in [1.29, 1.82) is 0 Å². The second kappa shape index (κ2) is 7.71. The SMILES string of the molecule is C[C@@H](CCN(C)C)NC(=O)OCc1ccccc1.[HH]. The van der Waals surface area contributed by atoms with Crippen LogP contribution >= 0.6 is 0 Å². The smallest absolute Gasteiger partial charge is 0.407 e. The summed E-state index contributed by atoms with van der Waals surface area (Å²) in [6, 6.07) is 9.78. The van der Waals surface area contributed by atoms with Crippen LogP contribution in [-0.2, 0) is 11.3 Å². The zero-order valence-electron chi connectivity index (χ0n) is 11.3. The first-order valence-corrected chi connectivity index (χ1v) is 6.20. The minimum absolute atomic E-state index is 0. The summed E-state index contributed by atoms with van der Waals surface area (Å²) in [5, 5.41) is 2.82. The van der Waals surface area contributed by atoms with Gasteiger partial charge in [0.15, 0.2) is 0 Å². The van der Waals surface area contributed by atoms with Crippen LogP contribution < -0.4 is 5.32 Å². The van der Waals surface area contributed by atoms with Crippen LogP contribution in [0.25, 0.3) is 0 Å². The van der Waals surface area contributed by atoms with E-state index in [-0.39, 0.29) is 13.6 Å². The highest BCUT2D eigenvalue weighted by Crippen LogP contribution is 2.01. The molecule has 0 saturated carbocycles. The second-order valence-electron chi connectivity index (χ2n) is 4.70. The van der Waals surface area contributed by atoms with Crippen LogP contribution in [0.1, 0.15) is 20.3 Å². The lowest BCUT2D eigenvalue weighted by molar-refractivity contribution is 0.135. The standard InChI is InChI=1S/C14H22N2O2.H2/c1-12(9-10-16(2)3)15-14(17)18-11-13-7-5-4-6-8-13;/h4-8,12H,9-11H2,1-3H3,(H,15,17);1H/t12-;/m0./s1. The number of nitrogens with one attached hydrogen (secondary N) is 1. The summed E-state index contributed by atoms with van der Waals surface area (Å²) in [4.78, 5) is 13.6. The van der Waals surface area contributed by atoms with Gasteiger partial charge in [0.2, 0.25) is 0 Å². The lowest BCUT2D eigenvalue weighted by Crippen LogP contribution is -2.35. The number of hydrogen-bond acceptors (Lipinski definition) is 3.